The van der Waals surface area contributed by atoms with Crippen molar-refractivity contribution in [2.45, 2.75) is 18.3 Å². The molecule has 0 saturated carbocycles. The van der Waals surface area contributed by atoms with Gasteiger partial charge in [0.05, 0.1) is 11.9 Å². The summed E-state index contributed by atoms with van der Waals surface area (Å²) >= 11 is 6.95. The first-order valence-electron chi connectivity index (χ1n) is 6.21. The van der Waals surface area contributed by atoms with Crippen molar-refractivity contribution in [3.8, 4) is 11.5 Å². The van der Waals surface area contributed by atoms with E-state index in [1.807, 2.05) is 0 Å². The lowest BCUT2D eigenvalue weighted by atomic mass is 10.2. The maximum absolute atomic E-state index is 11.5. The fourth-order valence-electron chi connectivity index (χ4n) is 1.42. The average Bonchev–Trinajstić information content (AvgIpc) is 2.92. The van der Waals surface area contributed by atoms with Gasteiger partial charge in [-0.15, -0.1) is 10.2 Å². The summed E-state index contributed by atoms with van der Waals surface area (Å²) in [6.07, 6.45) is -0.570. The van der Waals surface area contributed by atoms with Gasteiger partial charge in [-0.1, -0.05) is 23.4 Å². The number of benzene rings is 1. The molecular weight excluding hydrogens is 314 g/mol. The normalized spacial score (nSPS) is 12.1. The van der Waals surface area contributed by atoms with E-state index in [4.69, 9.17) is 21.1 Å². The van der Waals surface area contributed by atoms with Crippen LogP contribution in [0.3, 0.4) is 0 Å². The highest BCUT2D eigenvalue weighted by Gasteiger charge is 2.11. The molecule has 0 aliphatic rings. The van der Waals surface area contributed by atoms with Crippen LogP contribution in [0.1, 0.15) is 6.92 Å². The Morgan fingerprint density at radius 1 is 1.43 bits per heavy atom. The molecular formula is C13H14ClN3O3S. The molecule has 2 rings (SSSR count). The van der Waals surface area contributed by atoms with Crippen molar-refractivity contribution in [2.75, 3.05) is 12.3 Å². The first-order valence-corrected chi connectivity index (χ1v) is 7.58. The van der Waals surface area contributed by atoms with E-state index < -0.39 is 6.10 Å². The number of aliphatic hydroxyl groups is 1. The Balaban J connectivity index is 1.88. The van der Waals surface area contributed by atoms with E-state index >= 15 is 0 Å². The zero-order chi connectivity index (χ0) is 15.2. The number of aromatic nitrogens is 2. The Bertz CT molecular complexity index is 601. The highest BCUT2D eigenvalue weighted by molar-refractivity contribution is 7.99. The number of hydrogen-bond acceptors (Lipinski definition) is 6. The highest BCUT2D eigenvalue weighted by atomic mass is 35.5. The molecule has 0 radical (unpaired) electrons. The number of nitrogens with one attached hydrogen (secondary N) is 1. The maximum Gasteiger partial charge on any atom is 0.277 e. The molecule has 6 nitrogen and oxygen atoms in total. The van der Waals surface area contributed by atoms with Crippen molar-refractivity contribution < 1.29 is 14.3 Å². The number of thioether (sulfide) groups is 1. The molecule has 0 bridgehead atoms. The quantitative estimate of drug-likeness (QED) is 0.789. The van der Waals surface area contributed by atoms with Gasteiger partial charge >= 0.3 is 0 Å². The number of halogens is 1. The molecule has 0 aliphatic heterocycles. The summed E-state index contributed by atoms with van der Waals surface area (Å²) < 4.78 is 5.45. The number of rotatable bonds is 6. The summed E-state index contributed by atoms with van der Waals surface area (Å²) in [7, 11) is 0. The van der Waals surface area contributed by atoms with Crippen LogP contribution in [0.15, 0.2) is 33.9 Å². The van der Waals surface area contributed by atoms with Crippen molar-refractivity contribution in [1.82, 2.24) is 15.5 Å². The molecule has 2 N–H and O–H groups in total. The molecule has 0 fully saturated rings. The van der Waals surface area contributed by atoms with Crippen LogP contribution < -0.4 is 5.32 Å². The van der Waals surface area contributed by atoms with Crippen LogP contribution in [0.4, 0.5) is 0 Å². The van der Waals surface area contributed by atoms with Gasteiger partial charge in [-0.3, -0.25) is 4.79 Å². The highest BCUT2D eigenvalue weighted by Crippen LogP contribution is 2.24. The Kier molecular flexibility index (Phi) is 5.60. The molecule has 0 aliphatic carbocycles. The van der Waals surface area contributed by atoms with Gasteiger partial charge in [0.2, 0.25) is 11.8 Å². The van der Waals surface area contributed by atoms with E-state index in [9.17, 15) is 4.79 Å². The number of amides is 1. The number of carbonyl (C=O) groups excluding carboxylic acids is 1. The fourth-order valence-corrected chi connectivity index (χ4v) is 2.14. The summed E-state index contributed by atoms with van der Waals surface area (Å²) in [5.41, 5.74) is 0.761. The van der Waals surface area contributed by atoms with E-state index in [1.165, 1.54) is 0 Å². The first kappa shape index (κ1) is 15.8. The molecule has 112 valence electrons. The summed E-state index contributed by atoms with van der Waals surface area (Å²) in [4.78, 5) is 11.5. The second-order valence-corrected chi connectivity index (χ2v) is 5.68. The van der Waals surface area contributed by atoms with Gasteiger partial charge in [0, 0.05) is 17.1 Å². The van der Waals surface area contributed by atoms with Crippen LogP contribution in [-0.4, -0.2) is 39.6 Å². The molecule has 1 atom stereocenters. The maximum atomic E-state index is 11.5. The van der Waals surface area contributed by atoms with Crippen LogP contribution in [-0.2, 0) is 4.79 Å². The van der Waals surface area contributed by atoms with Gasteiger partial charge in [0.25, 0.3) is 5.22 Å². The van der Waals surface area contributed by atoms with E-state index in [2.05, 4.69) is 15.5 Å². The van der Waals surface area contributed by atoms with Crippen molar-refractivity contribution in [3.05, 3.63) is 29.3 Å². The lowest BCUT2D eigenvalue weighted by Crippen LogP contribution is -2.31. The standard InChI is InChI=1S/C13H14ClN3O3S/c1-8(18)6-15-11(19)7-21-13-17-16-12(20-13)9-2-4-10(14)5-3-9/h2-5,8,18H,6-7H2,1H3,(H,15,19). The van der Waals surface area contributed by atoms with Crippen LogP contribution in [0, 0.1) is 0 Å². The van der Waals surface area contributed by atoms with Gasteiger partial charge in [-0.05, 0) is 31.2 Å². The number of aliphatic hydroxyl groups excluding tert-OH is 1. The number of nitrogens with zero attached hydrogens (tertiary/aromatic N) is 2. The topological polar surface area (TPSA) is 88.2 Å². The van der Waals surface area contributed by atoms with Crippen molar-refractivity contribution in [1.29, 1.82) is 0 Å². The Labute approximate surface area is 130 Å². The predicted molar refractivity (Wildman–Crippen MR) is 80.2 cm³/mol. The minimum atomic E-state index is -0.570. The predicted octanol–water partition coefficient (Wildman–Crippen LogP) is 1.98. The molecule has 21 heavy (non-hydrogen) atoms. The summed E-state index contributed by atoms with van der Waals surface area (Å²) in [6.45, 7) is 1.82. The van der Waals surface area contributed by atoms with Crippen LogP contribution >= 0.6 is 23.4 Å². The second kappa shape index (κ2) is 7.44. The lowest BCUT2D eigenvalue weighted by molar-refractivity contribution is -0.118. The second-order valence-electron chi connectivity index (χ2n) is 4.32. The molecule has 8 heteroatoms. The third-order valence-electron chi connectivity index (χ3n) is 2.42. The van der Waals surface area contributed by atoms with Gasteiger partial charge in [0.15, 0.2) is 0 Å². The van der Waals surface area contributed by atoms with Crippen LogP contribution in [0.25, 0.3) is 11.5 Å². The number of hydrogen-bond donors (Lipinski definition) is 2. The molecule has 1 unspecified atom stereocenters. The Morgan fingerprint density at radius 3 is 2.81 bits per heavy atom. The van der Waals surface area contributed by atoms with Crippen molar-refractivity contribution in [2.24, 2.45) is 0 Å². The first-order chi connectivity index (χ1) is 10.0. The van der Waals surface area contributed by atoms with Gasteiger partial charge < -0.3 is 14.8 Å². The van der Waals surface area contributed by atoms with Gasteiger partial charge in [-0.25, -0.2) is 0 Å². The minimum Gasteiger partial charge on any atom is -0.411 e. The van der Waals surface area contributed by atoms with E-state index in [-0.39, 0.29) is 18.2 Å². The van der Waals surface area contributed by atoms with Crippen LogP contribution in [0.2, 0.25) is 5.02 Å². The SMILES string of the molecule is CC(O)CNC(=O)CSc1nnc(-c2ccc(Cl)cc2)o1. The molecule has 1 aromatic carbocycles. The Hall–Kier alpha value is -1.57. The molecule has 2 aromatic rings. The molecule has 1 aromatic heterocycles. The molecule has 1 heterocycles. The molecule has 1 amide bonds. The van der Waals surface area contributed by atoms with Crippen molar-refractivity contribution >= 4 is 29.3 Å². The molecule has 0 spiro atoms. The third kappa shape index (κ3) is 5.04. The fraction of sp³-hybridized carbons (Fsp3) is 0.308. The smallest absolute Gasteiger partial charge is 0.277 e. The summed E-state index contributed by atoms with van der Waals surface area (Å²) in [5, 5.41) is 20.4. The Morgan fingerprint density at radius 2 is 2.14 bits per heavy atom. The van der Waals surface area contributed by atoms with E-state index in [0.29, 0.717) is 16.1 Å². The lowest BCUT2D eigenvalue weighted by Gasteiger charge is -2.05. The largest absolute Gasteiger partial charge is 0.411 e. The van der Waals surface area contributed by atoms with Gasteiger partial charge in [0.1, 0.15) is 0 Å². The summed E-state index contributed by atoms with van der Waals surface area (Å²) in [6, 6.07) is 7.02. The van der Waals surface area contributed by atoms with E-state index in [1.54, 1.807) is 31.2 Å². The monoisotopic (exact) mass is 327 g/mol. The molecule has 0 saturated heterocycles. The van der Waals surface area contributed by atoms with Crippen LogP contribution in [0.5, 0.6) is 0 Å². The summed E-state index contributed by atoms with van der Waals surface area (Å²) in [5.74, 6) is 0.320. The minimum absolute atomic E-state index is 0.148. The number of carbonyl (C=O) groups is 1. The zero-order valence-electron chi connectivity index (χ0n) is 11.2. The van der Waals surface area contributed by atoms with Gasteiger partial charge in [-0.2, -0.15) is 0 Å². The van der Waals surface area contributed by atoms with E-state index in [0.717, 1.165) is 17.3 Å². The average molecular weight is 328 g/mol. The third-order valence-corrected chi connectivity index (χ3v) is 3.49. The zero-order valence-corrected chi connectivity index (χ0v) is 12.8. The van der Waals surface area contributed by atoms with Crippen molar-refractivity contribution in [3.63, 3.8) is 0 Å².